The summed E-state index contributed by atoms with van der Waals surface area (Å²) in [6.07, 6.45) is 2.73. The fraction of sp³-hybridized carbons (Fsp3) is 0.286. The molecule has 2 N–H and O–H groups in total. The van der Waals surface area contributed by atoms with E-state index in [4.69, 9.17) is 0 Å². The lowest BCUT2D eigenvalue weighted by Gasteiger charge is -2.20. The predicted molar refractivity (Wildman–Crippen MR) is 123 cm³/mol. The minimum Gasteiger partial charge on any atom is -0.351 e. The number of carbonyl (C=O) groups excluding carboxylic acids is 2. The molecule has 0 spiro atoms. The number of hydrogen-bond acceptors (Lipinski definition) is 6. The van der Waals surface area contributed by atoms with Crippen LogP contribution in [0.5, 0.6) is 0 Å². The molecule has 0 aliphatic carbocycles. The van der Waals surface area contributed by atoms with Crippen LogP contribution in [0.4, 0.5) is 4.39 Å². The molecule has 0 bridgehead atoms. The first-order valence-electron chi connectivity index (χ1n) is 9.79. The molecular weight excluding hydrogens is 512 g/mol. The van der Waals surface area contributed by atoms with Crippen molar-refractivity contribution in [2.45, 2.75) is 6.92 Å². The van der Waals surface area contributed by atoms with Gasteiger partial charge in [0.25, 0.3) is 11.8 Å². The Labute approximate surface area is 192 Å². The van der Waals surface area contributed by atoms with Crippen LogP contribution in [0.25, 0.3) is 11.0 Å². The minimum atomic E-state index is -0.690. The summed E-state index contributed by atoms with van der Waals surface area (Å²) in [5, 5.41) is 5.61. The summed E-state index contributed by atoms with van der Waals surface area (Å²) in [6.45, 7) is 4.80. The van der Waals surface area contributed by atoms with Crippen molar-refractivity contribution in [3.05, 3.63) is 63.5 Å². The molecule has 10 heteroatoms. The molecule has 1 aromatic carbocycles. The van der Waals surface area contributed by atoms with Gasteiger partial charge in [0.15, 0.2) is 0 Å². The van der Waals surface area contributed by atoms with Crippen LogP contribution in [0.15, 0.2) is 42.7 Å². The smallest absolute Gasteiger partial charge is 0.271 e. The third-order valence-corrected chi connectivity index (χ3v) is 5.27. The number of fused-ring (bicyclic) bond motifs is 1. The first-order valence-corrected chi connectivity index (χ1v) is 10.9. The highest BCUT2D eigenvalue weighted by atomic mass is 125. The zero-order chi connectivity index (χ0) is 22.2. The molecule has 3 rings (SSSR count). The second-order valence-electron chi connectivity index (χ2n) is 6.70. The normalized spacial score (nSPS) is 11.0. The molecule has 0 radical (unpaired) electrons. The molecule has 0 unspecified atom stereocenters. The van der Waals surface area contributed by atoms with Gasteiger partial charge in [-0.3, -0.25) is 14.6 Å². The van der Waals surface area contributed by atoms with Gasteiger partial charge < -0.3 is 15.5 Å². The second-order valence-corrected chi connectivity index (χ2v) is 7.95. The van der Waals surface area contributed by atoms with Gasteiger partial charge in [-0.2, -0.15) is 4.39 Å². The summed E-state index contributed by atoms with van der Waals surface area (Å²) < 4.78 is 14.2. The van der Waals surface area contributed by atoms with Gasteiger partial charge in [0.2, 0.25) is 5.95 Å². The van der Waals surface area contributed by atoms with E-state index in [2.05, 4.69) is 53.1 Å². The largest absolute Gasteiger partial charge is 0.351 e. The highest BCUT2D eigenvalue weighted by molar-refractivity contribution is 14.1. The molecule has 8 nitrogen and oxygen atoms in total. The summed E-state index contributed by atoms with van der Waals surface area (Å²) in [4.78, 5) is 38.6. The van der Waals surface area contributed by atoms with Crippen molar-refractivity contribution in [1.29, 1.82) is 0 Å². The number of aromatic nitrogens is 3. The molecule has 162 valence electrons. The van der Waals surface area contributed by atoms with Crippen molar-refractivity contribution in [2.75, 3.05) is 32.7 Å². The lowest BCUT2D eigenvalue weighted by atomic mass is 10.2. The molecule has 31 heavy (non-hydrogen) atoms. The predicted octanol–water partition coefficient (Wildman–Crippen LogP) is 2.25. The summed E-state index contributed by atoms with van der Waals surface area (Å²) in [7, 11) is 0. The van der Waals surface area contributed by atoms with Crippen LogP contribution in [-0.2, 0) is 0 Å². The molecule has 0 atom stereocenters. The molecular formula is C21H22FIN6O2. The number of benzene rings is 1. The molecule has 0 saturated carbocycles. The molecule has 2 heterocycles. The lowest BCUT2D eigenvalue weighted by molar-refractivity contribution is 0.0943. The van der Waals surface area contributed by atoms with E-state index in [1.54, 1.807) is 0 Å². The molecule has 0 fully saturated rings. The first kappa shape index (κ1) is 22.9. The van der Waals surface area contributed by atoms with Gasteiger partial charge in [-0.05, 0) is 53.4 Å². The van der Waals surface area contributed by atoms with Gasteiger partial charge in [-0.1, -0.05) is 6.92 Å². The van der Waals surface area contributed by atoms with Gasteiger partial charge in [-0.15, -0.1) is 0 Å². The van der Waals surface area contributed by atoms with Crippen LogP contribution in [0.2, 0.25) is 0 Å². The summed E-state index contributed by atoms with van der Waals surface area (Å²) in [5.74, 6) is -1.32. The molecule has 0 aliphatic rings. The third kappa shape index (κ3) is 6.62. The van der Waals surface area contributed by atoms with Crippen molar-refractivity contribution in [2.24, 2.45) is 0 Å². The fourth-order valence-electron chi connectivity index (χ4n) is 2.91. The number of pyridine rings is 1. The molecule has 0 saturated heterocycles. The Morgan fingerprint density at radius 3 is 2.48 bits per heavy atom. The van der Waals surface area contributed by atoms with E-state index >= 15 is 0 Å². The third-order valence-electron chi connectivity index (χ3n) is 4.60. The van der Waals surface area contributed by atoms with Crippen LogP contribution in [0.1, 0.15) is 27.8 Å². The quantitative estimate of drug-likeness (QED) is 0.323. The number of halogens is 2. The maximum absolute atomic E-state index is 13.1. The van der Waals surface area contributed by atoms with Crippen LogP contribution in [-0.4, -0.2) is 64.4 Å². The van der Waals surface area contributed by atoms with Gasteiger partial charge >= 0.3 is 0 Å². The molecule has 0 aliphatic heterocycles. The zero-order valence-corrected chi connectivity index (χ0v) is 19.1. The van der Waals surface area contributed by atoms with Crippen LogP contribution < -0.4 is 10.6 Å². The molecule has 2 aromatic heterocycles. The fourth-order valence-corrected chi connectivity index (χ4v) is 3.39. The Hall–Kier alpha value is -2.73. The van der Waals surface area contributed by atoms with E-state index in [0.717, 1.165) is 21.7 Å². The van der Waals surface area contributed by atoms with E-state index in [9.17, 15) is 14.0 Å². The Morgan fingerprint density at radius 2 is 1.77 bits per heavy atom. The minimum absolute atomic E-state index is 0.231. The average molecular weight is 534 g/mol. The second kappa shape index (κ2) is 11.0. The summed E-state index contributed by atoms with van der Waals surface area (Å²) in [5.41, 5.74) is 1.92. The van der Waals surface area contributed by atoms with Crippen LogP contribution in [0, 0.1) is 9.52 Å². The first-order chi connectivity index (χ1) is 15.0. The number of likely N-dealkylation sites (N-methyl/N-ethyl adjacent to an activating group) is 1. The lowest BCUT2D eigenvalue weighted by Crippen LogP contribution is -2.39. The van der Waals surface area contributed by atoms with E-state index < -0.39 is 5.95 Å². The monoisotopic (exact) mass is 534 g/mol. The Bertz CT molecular complexity index is 1080. The maximum Gasteiger partial charge on any atom is 0.271 e. The van der Waals surface area contributed by atoms with E-state index in [1.165, 1.54) is 18.5 Å². The van der Waals surface area contributed by atoms with Gasteiger partial charge in [0, 0.05) is 47.6 Å². The highest BCUT2D eigenvalue weighted by Gasteiger charge is 2.11. The number of nitrogens with zero attached hydrogens (tertiary/aromatic N) is 4. The van der Waals surface area contributed by atoms with Crippen molar-refractivity contribution >= 4 is 45.4 Å². The summed E-state index contributed by atoms with van der Waals surface area (Å²) >= 11 is 2.20. The Morgan fingerprint density at radius 1 is 1.03 bits per heavy atom. The number of rotatable bonds is 9. The maximum atomic E-state index is 13.1. The Kier molecular flexibility index (Phi) is 8.18. The van der Waals surface area contributed by atoms with Gasteiger partial charge in [-0.25, -0.2) is 9.97 Å². The zero-order valence-electron chi connectivity index (χ0n) is 16.9. The molecule has 3 aromatic rings. The van der Waals surface area contributed by atoms with Crippen molar-refractivity contribution in [3.8, 4) is 0 Å². The van der Waals surface area contributed by atoms with Gasteiger partial charge in [0.1, 0.15) is 5.69 Å². The van der Waals surface area contributed by atoms with Gasteiger partial charge in [0.05, 0.1) is 17.2 Å². The Balaban J connectivity index is 1.43. The topological polar surface area (TPSA) is 100 Å². The van der Waals surface area contributed by atoms with Crippen molar-refractivity contribution in [3.63, 3.8) is 0 Å². The van der Waals surface area contributed by atoms with Crippen molar-refractivity contribution < 1.29 is 14.0 Å². The average Bonchev–Trinajstić information content (AvgIpc) is 2.77. The standard InChI is InChI=1S/C21H22FIN6O2/c1-2-29(9-7-25-20(30)14-5-6-24-19(22)11-14)10-8-26-21(31)18-13-27-17-12-15(23)3-4-16(17)28-18/h3-6,11-13H,2,7-10H2,1H3,(H,25,30)(H,26,31)/i23-2. The van der Waals surface area contributed by atoms with Crippen molar-refractivity contribution in [1.82, 2.24) is 30.5 Å². The van der Waals surface area contributed by atoms with E-state index in [1.807, 2.05) is 25.1 Å². The SMILES string of the molecule is CCN(CCNC(=O)c1ccnc(F)c1)CCNC(=O)c1cnc2cc([125I])ccc2n1. The number of amides is 2. The van der Waals surface area contributed by atoms with E-state index in [-0.39, 0.29) is 23.1 Å². The number of carbonyl (C=O) groups is 2. The van der Waals surface area contributed by atoms with Crippen LogP contribution >= 0.6 is 22.6 Å². The number of nitrogens with one attached hydrogen (secondary N) is 2. The number of hydrogen-bond donors (Lipinski definition) is 2. The molecule has 2 amide bonds. The van der Waals surface area contributed by atoms with E-state index in [0.29, 0.717) is 31.7 Å². The van der Waals surface area contributed by atoms with Crippen LogP contribution in [0.3, 0.4) is 0 Å². The summed E-state index contributed by atoms with van der Waals surface area (Å²) in [6, 6.07) is 8.23. The highest BCUT2D eigenvalue weighted by Crippen LogP contribution is 2.13.